The van der Waals surface area contributed by atoms with E-state index in [4.69, 9.17) is 4.74 Å². The van der Waals surface area contributed by atoms with E-state index in [0.717, 1.165) is 32.7 Å². The normalized spacial score (nSPS) is 14.2. The van der Waals surface area contributed by atoms with Crippen LogP contribution in [0.3, 0.4) is 0 Å². The largest absolute Gasteiger partial charge is 0.385 e. The van der Waals surface area contributed by atoms with Crippen LogP contribution in [0.2, 0.25) is 0 Å². The van der Waals surface area contributed by atoms with Crippen molar-refractivity contribution in [3.05, 3.63) is 29.3 Å². The van der Waals surface area contributed by atoms with Gasteiger partial charge in [-0.25, -0.2) is 0 Å². The van der Waals surface area contributed by atoms with Crippen LogP contribution < -0.4 is 10.6 Å². The van der Waals surface area contributed by atoms with Crippen molar-refractivity contribution in [1.82, 2.24) is 5.32 Å². The van der Waals surface area contributed by atoms with Crippen molar-refractivity contribution in [3.63, 3.8) is 0 Å². The number of nitrogens with one attached hydrogen (secondary N) is 2. The Bertz CT molecular complexity index is 352. The summed E-state index contributed by atoms with van der Waals surface area (Å²) in [5, 5.41) is 6.82. The lowest BCUT2D eigenvalue weighted by molar-refractivity contribution is 0.199. The lowest BCUT2D eigenvalue weighted by atomic mass is 9.99. The van der Waals surface area contributed by atoms with Crippen molar-refractivity contribution in [2.45, 2.75) is 19.3 Å². The zero-order chi connectivity index (χ0) is 11.9. The molecule has 17 heavy (non-hydrogen) atoms. The van der Waals surface area contributed by atoms with Gasteiger partial charge in [-0.15, -0.1) is 0 Å². The summed E-state index contributed by atoms with van der Waals surface area (Å²) >= 11 is 0. The molecule has 0 amide bonds. The van der Waals surface area contributed by atoms with Gasteiger partial charge in [0.05, 0.1) is 6.61 Å². The first-order valence-electron chi connectivity index (χ1n) is 6.45. The van der Waals surface area contributed by atoms with Gasteiger partial charge in [-0.05, 0) is 43.0 Å². The fourth-order valence-electron chi connectivity index (χ4n) is 2.22. The highest BCUT2D eigenvalue weighted by atomic mass is 16.5. The van der Waals surface area contributed by atoms with E-state index >= 15 is 0 Å². The van der Waals surface area contributed by atoms with Crippen LogP contribution in [-0.4, -0.2) is 33.4 Å². The first-order chi connectivity index (χ1) is 8.40. The van der Waals surface area contributed by atoms with Gasteiger partial charge in [-0.1, -0.05) is 12.1 Å². The third kappa shape index (κ3) is 3.72. The van der Waals surface area contributed by atoms with E-state index in [1.54, 1.807) is 7.11 Å². The number of ether oxygens (including phenoxy) is 1. The van der Waals surface area contributed by atoms with Crippen molar-refractivity contribution in [2.75, 3.05) is 38.7 Å². The molecule has 0 aliphatic carbocycles. The molecule has 0 saturated heterocycles. The van der Waals surface area contributed by atoms with Gasteiger partial charge >= 0.3 is 0 Å². The number of methoxy groups -OCH3 is 1. The average molecular weight is 234 g/mol. The summed E-state index contributed by atoms with van der Waals surface area (Å²) in [6, 6.07) is 6.80. The molecule has 0 fully saturated rings. The van der Waals surface area contributed by atoms with Crippen LogP contribution in [0.5, 0.6) is 0 Å². The molecule has 0 saturated carbocycles. The van der Waals surface area contributed by atoms with Gasteiger partial charge in [-0.2, -0.15) is 0 Å². The quantitative estimate of drug-likeness (QED) is 0.737. The van der Waals surface area contributed by atoms with Gasteiger partial charge in [-0.3, -0.25) is 0 Å². The van der Waals surface area contributed by atoms with Crippen LogP contribution in [0.15, 0.2) is 18.2 Å². The van der Waals surface area contributed by atoms with E-state index in [2.05, 4.69) is 28.8 Å². The number of hydrogen-bond donors (Lipinski definition) is 2. The number of rotatable bonds is 6. The van der Waals surface area contributed by atoms with Gasteiger partial charge in [0.15, 0.2) is 0 Å². The van der Waals surface area contributed by atoms with E-state index < -0.39 is 0 Å². The van der Waals surface area contributed by atoms with Crippen LogP contribution in [0.25, 0.3) is 0 Å². The Hall–Kier alpha value is -1.06. The summed E-state index contributed by atoms with van der Waals surface area (Å²) in [4.78, 5) is 0. The van der Waals surface area contributed by atoms with Crippen molar-refractivity contribution < 1.29 is 4.74 Å². The Morgan fingerprint density at radius 3 is 3.18 bits per heavy atom. The average Bonchev–Trinajstić information content (AvgIpc) is 2.38. The van der Waals surface area contributed by atoms with E-state index in [-0.39, 0.29) is 0 Å². The van der Waals surface area contributed by atoms with Crippen LogP contribution in [0.4, 0.5) is 5.69 Å². The Balaban J connectivity index is 1.81. The van der Waals surface area contributed by atoms with Gasteiger partial charge in [0, 0.05) is 25.9 Å². The minimum atomic E-state index is 0.786. The second kappa shape index (κ2) is 6.62. The summed E-state index contributed by atoms with van der Waals surface area (Å²) in [5.74, 6) is 0. The van der Waals surface area contributed by atoms with E-state index in [9.17, 15) is 0 Å². The zero-order valence-electron chi connectivity index (χ0n) is 10.6. The van der Waals surface area contributed by atoms with E-state index in [1.165, 1.54) is 29.7 Å². The Kier molecular flexibility index (Phi) is 4.83. The molecule has 1 aromatic rings. The molecule has 0 atom stereocenters. The van der Waals surface area contributed by atoms with Crippen LogP contribution in [0, 0.1) is 0 Å². The smallest absolute Gasteiger partial charge is 0.0587 e. The molecule has 1 aromatic carbocycles. The SMILES string of the molecule is COCCNCCc1ccc2c(c1)CCCN2. The number of benzene rings is 1. The summed E-state index contributed by atoms with van der Waals surface area (Å²) in [6.45, 7) is 3.86. The highest BCUT2D eigenvalue weighted by molar-refractivity contribution is 5.54. The number of fused-ring (bicyclic) bond motifs is 1. The monoisotopic (exact) mass is 234 g/mol. The molecule has 1 aliphatic heterocycles. The lowest BCUT2D eigenvalue weighted by Gasteiger charge is -2.18. The van der Waals surface area contributed by atoms with Gasteiger partial charge in [0.2, 0.25) is 0 Å². The second-order valence-electron chi connectivity index (χ2n) is 4.51. The summed E-state index contributed by atoms with van der Waals surface area (Å²) in [7, 11) is 1.73. The summed E-state index contributed by atoms with van der Waals surface area (Å²) < 4.78 is 5.00. The molecule has 2 rings (SSSR count). The molecule has 1 aliphatic rings. The molecule has 3 nitrogen and oxygen atoms in total. The van der Waals surface area contributed by atoms with Crippen molar-refractivity contribution >= 4 is 5.69 Å². The predicted octanol–water partition coefficient (Wildman–Crippen LogP) is 1.82. The minimum absolute atomic E-state index is 0.786. The highest BCUT2D eigenvalue weighted by Crippen LogP contribution is 2.22. The standard InChI is InChI=1S/C14H22N2O/c1-17-10-9-15-8-6-12-4-5-14-13(11-12)3-2-7-16-14/h4-5,11,15-16H,2-3,6-10H2,1H3. The second-order valence-corrected chi connectivity index (χ2v) is 4.51. The molecule has 3 heteroatoms. The van der Waals surface area contributed by atoms with Gasteiger partial charge in [0.1, 0.15) is 0 Å². The molecule has 1 heterocycles. The fraction of sp³-hybridized carbons (Fsp3) is 0.571. The summed E-state index contributed by atoms with van der Waals surface area (Å²) in [5.41, 5.74) is 4.23. The maximum atomic E-state index is 5.00. The van der Waals surface area contributed by atoms with Crippen molar-refractivity contribution in [2.24, 2.45) is 0 Å². The lowest BCUT2D eigenvalue weighted by Crippen LogP contribution is -2.21. The third-order valence-corrected chi connectivity index (χ3v) is 3.18. The Labute approximate surface area is 104 Å². The number of anilines is 1. The summed E-state index contributed by atoms with van der Waals surface area (Å²) in [6.07, 6.45) is 3.56. The first-order valence-corrected chi connectivity index (χ1v) is 6.45. The molecular weight excluding hydrogens is 212 g/mol. The fourth-order valence-corrected chi connectivity index (χ4v) is 2.22. The molecule has 94 valence electrons. The molecule has 0 bridgehead atoms. The third-order valence-electron chi connectivity index (χ3n) is 3.18. The van der Waals surface area contributed by atoms with Crippen LogP contribution in [-0.2, 0) is 17.6 Å². The molecule has 0 radical (unpaired) electrons. The topological polar surface area (TPSA) is 33.3 Å². The van der Waals surface area contributed by atoms with E-state index in [1.807, 2.05) is 0 Å². The molecule has 0 unspecified atom stereocenters. The van der Waals surface area contributed by atoms with Gasteiger partial charge < -0.3 is 15.4 Å². The van der Waals surface area contributed by atoms with Crippen molar-refractivity contribution in [1.29, 1.82) is 0 Å². The number of aryl methyl sites for hydroxylation is 1. The molecule has 2 N–H and O–H groups in total. The Morgan fingerprint density at radius 1 is 1.35 bits per heavy atom. The van der Waals surface area contributed by atoms with Gasteiger partial charge in [0.25, 0.3) is 0 Å². The van der Waals surface area contributed by atoms with Crippen LogP contribution >= 0.6 is 0 Å². The first kappa shape index (κ1) is 12.4. The minimum Gasteiger partial charge on any atom is -0.385 e. The zero-order valence-corrected chi connectivity index (χ0v) is 10.6. The molecular formula is C14H22N2O. The van der Waals surface area contributed by atoms with E-state index in [0.29, 0.717) is 0 Å². The van der Waals surface area contributed by atoms with Crippen LogP contribution in [0.1, 0.15) is 17.5 Å². The van der Waals surface area contributed by atoms with Crippen molar-refractivity contribution in [3.8, 4) is 0 Å². The molecule has 0 aromatic heterocycles. The maximum absolute atomic E-state index is 5.00. The highest BCUT2D eigenvalue weighted by Gasteiger charge is 2.08. The maximum Gasteiger partial charge on any atom is 0.0587 e. The molecule has 0 spiro atoms. The number of hydrogen-bond acceptors (Lipinski definition) is 3. The Morgan fingerprint density at radius 2 is 2.29 bits per heavy atom. The predicted molar refractivity (Wildman–Crippen MR) is 71.7 cm³/mol.